The fraction of sp³-hybridized carbons (Fsp3) is 0.333. The summed E-state index contributed by atoms with van der Waals surface area (Å²) in [5.41, 5.74) is 1.16. The third kappa shape index (κ3) is 10.7. The van der Waals surface area contributed by atoms with Crippen molar-refractivity contribution >= 4 is 66.5 Å². The molecule has 2 unspecified atom stereocenters. The molecule has 2 N–H and O–H groups in total. The molecule has 296 valence electrons. The third-order valence-corrected chi connectivity index (χ3v) is 15.8. The molecule has 2 aromatic heterocycles. The van der Waals surface area contributed by atoms with E-state index in [1.807, 2.05) is 12.1 Å². The van der Waals surface area contributed by atoms with E-state index in [-0.39, 0.29) is 104 Å². The van der Waals surface area contributed by atoms with Gasteiger partial charge >= 0.3 is 41.5 Å². The van der Waals surface area contributed by atoms with Crippen LogP contribution >= 0.6 is 22.7 Å². The quantitative estimate of drug-likeness (QED) is 0.187. The van der Waals surface area contributed by atoms with Crippen molar-refractivity contribution in [2.75, 3.05) is 45.9 Å². The minimum absolute atomic E-state index is 0. The summed E-state index contributed by atoms with van der Waals surface area (Å²) in [5, 5.41) is 8.99. The molecule has 2 aliphatic rings. The molecule has 0 radical (unpaired) electrons. The average molecular weight is 857 g/mol. The minimum Gasteiger partial charge on any atom is -0.870 e. The van der Waals surface area contributed by atoms with Crippen molar-refractivity contribution in [1.82, 2.24) is 18.4 Å². The molecule has 0 bridgehead atoms. The summed E-state index contributed by atoms with van der Waals surface area (Å²) in [6.45, 7) is 7.01. The Hall–Kier alpha value is -3.50. The van der Waals surface area contributed by atoms with Crippen LogP contribution in [0.4, 0.5) is 0 Å². The first-order valence-corrected chi connectivity index (χ1v) is 21.5. The number of ether oxygens (including phenoxy) is 1. The van der Waals surface area contributed by atoms with Crippen molar-refractivity contribution in [3.8, 4) is 0 Å². The number of carbonyl (C=O) groups is 4. The number of carboxylic acid groups (broad SMARTS) is 1. The van der Waals surface area contributed by atoms with Gasteiger partial charge in [-0.2, -0.15) is 8.61 Å². The number of rotatable bonds is 9. The second kappa shape index (κ2) is 20.3. The molecule has 2 amide bonds. The minimum atomic E-state index is -3.79. The van der Waals surface area contributed by atoms with Gasteiger partial charge in [-0.15, -0.1) is 22.7 Å². The average Bonchev–Trinajstić information content (AvgIpc) is 3.88. The summed E-state index contributed by atoms with van der Waals surface area (Å²) in [7, 11) is -7.53. The Morgan fingerprint density at radius 2 is 1.05 bits per heavy atom. The van der Waals surface area contributed by atoms with Crippen LogP contribution in [0, 0.1) is 0 Å². The number of sulfonamides is 2. The molecule has 0 aliphatic carbocycles. The number of amides is 2. The smallest absolute Gasteiger partial charge is 0.870 e. The topological polar surface area (TPSA) is 209 Å². The Kier molecular flexibility index (Phi) is 17.0. The van der Waals surface area contributed by atoms with Crippen molar-refractivity contribution < 1.29 is 80.9 Å². The number of nitrogens with zero attached hydrogens (tertiary/aromatic N) is 4. The molecule has 20 heteroatoms. The van der Waals surface area contributed by atoms with Crippen molar-refractivity contribution in [3.63, 3.8) is 0 Å². The van der Waals surface area contributed by atoms with Gasteiger partial charge in [0.1, 0.15) is 18.2 Å². The van der Waals surface area contributed by atoms with E-state index in [4.69, 9.17) is 9.84 Å². The van der Waals surface area contributed by atoms with Crippen molar-refractivity contribution in [2.24, 2.45) is 0 Å². The van der Waals surface area contributed by atoms with Crippen LogP contribution in [0.3, 0.4) is 0 Å². The largest absolute Gasteiger partial charge is 1.00 e. The number of carboxylic acids is 1. The summed E-state index contributed by atoms with van der Waals surface area (Å²) in [4.78, 5) is 51.5. The van der Waals surface area contributed by atoms with Gasteiger partial charge in [-0.1, -0.05) is 36.4 Å². The third-order valence-electron chi connectivity index (χ3n) is 8.72. The van der Waals surface area contributed by atoms with Gasteiger partial charge < -0.3 is 25.1 Å². The predicted octanol–water partition coefficient (Wildman–Crippen LogP) is 1.27. The zero-order valence-corrected chi connectivity index (χ0v) is 36.4. The number of carbonyl (C=O) groups excluding carboxylic acids is 3. The zero-order chi connectivity index (χ0) is 39.2. The maximum Gasteiger partial charge on any atom is 1.00 e. The molecule has 4 aromatic rings. The Balaban J connectivity index is 0.000000291. The molecule has 2 aromatic carbocycles. The number of benzene rings is 2. The van der Waals surface area contributed by atoms with Crippen LogP contribution in [-0.2, 0) is 24.8 Å². The Morgan fingerprint density at radius 3 is 1.41 bits per heavy atom. The number of hydrogen-bond donors (Lipinski definition) is 1. The van der Waals surface area contributed by atoms with E-state index in [2.05, 4.69) is 0 Å². The number of piperazine rings is 2. The van der Waals surface area contributed by atoms with Crippen LogP contribution in [0.25, 0.3) is 0 Å². The first-order chi connectivity index (χ1) is 25.6. The Bertz CT molecular complexity index is 2200. The van der Waals surface area contributed by atoms with Gasteiger partial charge in [0.2, 0.25) is 0 Å². The SMILES string of the molecule is CC1CN(C(=O)c2ccccc2)CCN1S(=O)(=O)c1ccc(C(=O)O)s1.CCOC(=O)c1ccc(S(=O)(=O)N2CCN(C(=O)c3ccccc3)CC2C)s1.[Na+].[OH-]. The second-order valence-corrected chi connectivity index (χ2v) is 18.8. The number of hydrogen-bond acceptors (Lipinski definition) is 12. The number of thiophene rings is 2. The molecule has 4 heterocycles. The van der Waals surface area contributed by atoms with E-state index in [0.717, 1.165) is 22.7 Å². The van der Waals surface area contributed by atoms with Crippen LogP contribution < -0.4 is 29.6 Å². The van der Waals surface area contributed by atoms with Gasteiger partial charge in [0.15, 0.2) is 0 Å². The maximum absolute atomic E-state index is 13.0. The summed E-state index contributed by atoms with van der Waals surface area (Å²) in [6.07, 6.45) is 0. The first kappa shape index (κ1) is 46.9. The molecule has 0 saturated carbocycles. The van der Waals surface area contributed by atoms with Crippen molar-refractivity contribution in [3.05, 3.63) is 106 Å². The van der Waals surface area contributed by atoms with Crippen LogP contribution in [0.2, 0.25) is 0 Å². The van der Waals surface area contributed by atoms with Crippen LogP contribution in [0.5, 0.6) is 0 Å². The van der Waals surface area contributed by atoms with Gasteiger partial charge in [0.25, 0.3) is 31.9 Å². The summed E-state index contributed by atoms with van der Waals surface area (Å²) in [6, 6.07) is 22.5. The van der Waals surface area contributed by atoms with Crippen LogP contribution in [0.1, 0.15) is 60.8 Å². The van der Waals surface area contributed by atoms with Gasteiger partial charge in [-0.05, 0) is 69.3 Å². The van der Waals surface area contributed by atoms with E-state index >= 15 is 0 Å². The molecule has 2 aliphatic heterocycles. The van der Waals surface area contributed by atoms with Crippen LogP contribution in [0.15, 0.2) is 93.3 Å². The predicted molar refractivity (Wildman–Crippen MR) is 205 cm³/mol. The standard InChI is InChI=1S/C19H22N2O5S2.C17H18N2O5S2.Na.H2O/c1-3-26-19(23)16-9-10-17(27-16)28(24,25)21-12-11-20(13-14(21)2)18(22)15-7-5-4-6-8-15;1-12-11-18(16(20)13-5-3-2-4-6-13)9-10-19(12)26(23,24)15-8-7-14(25-15)17(21)22;;/h4-10,14H,3,11-13H2,1-2H3;2-8,12H,9-11H2,1H3,(H,21,22);;1H2/q;;+1;/p-1. The van der Waals surface area contributed by atoms with Crippen molar-refractivity contribution in [1.29, 1.82) is 0 Å². The second-order valence-electron chi connectivity index (χ2n) is 12.4. The molecular weight excluding hydrogens is 816 g/mol. The molecule has 2 atom stereocenters. The summed E-state index contributed by atoms with van der Waals surface area (Å²) < 4.78 is 59.4. The Labute approximate surface area is 356 Å². The molecule has 6 rings (SSSR count). The maximum atomic E-state index is 13.0. The fourth-order valence-electron chi connectivity index (χ4n) is 6.07. The fourth-order valence-corrected chi connectivity index (χ4v) is 11.9. The molecule has 56 heavy (non-hydrogen) atoms. The van der Waals surface area contributed by atoms with Gasteiger partial charge in [0, 0.05) is 62.5 Å². The van der Waals surface area contributed by atoms with Crippen LogP contribution in [-0.4, -0.2) is 128 Å². The normalized spacial score (nSPS) is 17.7. The van der Waals surface area contributed by atoms with E-state index < -0.39 is 38.0 Å². The summed E-state index contributed by atoms with van der Waals surface area (Å²) >= 11 is 1.64. The Morgan fingerprint density at radius 1 is 0.661 bits per heavy atom. The van der Waals surface area contributed by atoms with Gasteiger partial charge in [-0.25, -0.2) is 26.4 Å². The molecule has 2 fully saturated rings. The number of esters is 1. The monoisotopic (exact) mass is 856 g/mol. The van der Waals surface area contributed by atoms with Gasteiger partial charge in [-0.3, -0.25) is 9.59 Å². The van der Waals surface area contributed by atoms with E-state index in [9.17, 15) is 36.0 Å². The van der Waals surface area contributed by atoms with Crippen molar-refractivity contribution in [2.45, 2.75) is 41.3 Å². The van der Waals surface area contributed by atoms with Gasteiger partial charge in [0.05, 0.1) is 6.61 Å². The molecular formula is C36H41N4NaO11S4. The first-order valence-electron chi connectivity index (χ1n) is 17.0. The van der Waals surface area contributed by atoms with E-state index in [1.54, 1.807) is 79.1 Å². The number of aromatic carboxylic acids is 1. The molecule has 2 saturated heterocycles. The summed E-state index contributed by atoms with van der Waals surface area (Å²) in [5.74, 6) is -1.91. The van der Waals surface area contributed by atoms with E-state index in [1.165, 1.54) is 32.9 Å². The van der Waals surface area contributed by atoms with E-state index in [0.29, 0.717) is 24.2 Å². The molecule has 0 spiro atoms. The zero-order valence-electron chi connectivity index (χ0n) is 31.2. The molecule has 15 nitrogen and oxygen atoms in total.